The average Bonchev–Trinajstić information content (AvgIpc) is 2.70. The third-order valence-corrected chi connectivity index (χ3v) is 3.13. The third kappa shape index (κ3) is 1.90. The summed E-state index contributed by atoms with van der Waals surface area (Å²) in [5.74, 6) is 0. The molecule has 1 saturated heterocycles. The fourth-order valence-corrected chi connectivity index (χ4v) is 2.03. The Morgan fingerprint density at radius 1 is 1.12 bits per heavy atom. The molecule has 1 aromatic carbocycles. The normalized spacial score (nSPS) is 16.0. The van der Waals surface area contributed by atoms with Crippen LogP contribution < -0.4 is 4.90 Å². The Morgan fingerprint density at radius 3 is 2.31 bits per heavy atom. The maximum Gasteiger partial charge on any atom is 0.324 e. The number of rotatable bonds is 3. The second-order valence-electron chi connectivity index (χ2n) is 4.03. The van der Waals surface area contributed by atoms with Gasteiger partial charge in [0.1, 0.15) is 0 Å². The summed E-state index contributed by atoms with van der Waals surface area (Å²) >= 11 is 0. The molecule has 0 aliphatic carbocycles. The number of anilines is 1. The SMILES string of the molecule is CCc1ccc(N2CCN(CC)C2=O)cc1. The summed E-state index contributed by atoms with van der Waals surface area (Å²) in [7, 11) is 0. The van der Waals surface area contributed by atoms with E-state index in [4.69, 9.17) is 0 Å². The molecule has 0 bridgehead atoms. The first-order valence-corrected chi connectivity index (χ1v) is 5.91. The van der Waals surface area contributed by atoms with E-state index in [9.17, 15) is 4.79 Å². The highest BCUT2D eigenvalue weighted by atomic mass is 16.2. The minimum absolute atomic E-state index is 0.131. The van der Waals surface area contributed by atoms with Gasteiger partial charge in [-0.1, -0.05) is 19.1 Å². The summed E-state index contributed by atoms with van der Waals surface area (Å²) in [6.07, 6.45) is 1.04. The minimum atomic E-state index is 0.131. The van der Waals surface area contributed by atoms with Crippen LogP contribution in [0.5, 0.6) is 0 Å². The van der Waals surface area contributed by atoms with E-state index in [0.29, 0.717) is 0 Å². The van der Waals surface area contributed by atoms with E-state index in [0.717, 1.165) is 31.7 Å². The van der Waals surface area contributed by atoms with Crippen LogP contribution in [0.1, 0.15) is 19.4 Å². The number of hydrogen-bond donors (Lipinski definition) is 0. The summed E-state index contributed by atoms with van der Waals surface area (Å²) in [6.45, 7) is 6.59. The number of hydrogen-bond acceptors (Lipinski definition) is 1. The van der Waals surface area contributed by atoms with E-state index in [1.807, 2.05) is 28.9 Å². The molecule has 0 N–H and O–H groups in total. The van der Waals surface area contributed by atoms with E-state index in [1.165, 1.54) is 5.56 Å². The van der Waals surface area contributed by atoms with Crippen molar-refractivity contribution in [1.82, 2.24) is 4.90 Å². The van der Waals surface area contributed by atoms with Crippen molar-refractivity contribution in [2.75, 3.05) is 24.5 Å². The Labute approximate surface area is 96.7 Å². The lowest BCUT2D eigenvalue weighted by Gasteiger charge is -2.17. The molecule has 1 aliphatic heterocycles. The molecule has 1 aliphatic rings. The van der Waals surface area contributed by atoms with Crippen LogP contribution in [-0.4, -0.2) is 30.6 Å². The number of benzene rings is 1. The second kappa shape index (κ2) is 4.56. The molecule has 1 heterocycles. The quantitative estimate of drug-likeness (QED) is 0.764. The smallest absolute Gasteiger partial charge is 0.323 e. The van der Waals surface area contributed by atoms with Gasteiger partial charge in [0.05, 0.1) is 0 Å². The molecule has 2 rings (SSSR count). The maximum absolute atomic E-state index is 11.9. The number of aryl methyl sites for hydroxylation is 1. The van der Waals surface area contributed by atoms with E-state index in [2.05, 4.69) is 19.1 Å². The Morgan fingerprint density at radius 2 is 1.81 bits per heavy atom. The molecule has 0 aromatic heterocycles. The Bertz CT molecular complexity index is 372. The van der Waals surface area contributed by atoms with Crippen molar-refractivity contribution in [3.8, 4) is 0 Å². The van der Waals surface area contributed by atoms with E-state index < -0.39 is 0 Å². The van der Waals surface area contributed by atoms with Gasteiger partial charge < -0.3 is 4.90 Å². The van der Waals surface area contributed by atoms with Gasteiger partial charge in [0, 0.05) is 25.3 Å². The lowest BCUT2D eigenvalue weighted by Crippen LogP contribution is -2.31. The Kier molecular flexibility index (Phi) is 3.13. The van der Waals surface area contributed by atoms with Crippen LogP contribution in [0, 0.1) is 0 Å². The lowest BCUT2D eigenvalue weighted by atomic mass is 10.1. The van der Waals surface area contributed by atoms with Crippen LogP contribution in [0.3, 0.4) is 0 Å². The largest absolute Gasteiger partial charge is 0.324 e. The van der Waals surface area contributed by atoms with Gasteiger partial charge in [-0.15, -0.1) is 0 Å². The molecule has 2 amide bonds. The van der Waals surface area contributed by atoms with Crippen LogP contribution in [0.25, 0.3) is 0 Å². The van der Waals surface area contributed by atoms with E-state index in [-0.39, 0.29) is 6.03 Å². The molecular weight excluding hydrogens is 200 g/mol. The van der Waals surface area contributed by atoms with Gasteiger partial charge >= 0.3 is 6.03 Å². The third-order valence-electron chi connectivity index (χ3n) is 3.13. The van der Waals surface area contributed by atoms with Gasteiger partial charge in [0.25, 0.3) is 0 Å². The van der Waals surface area contributed by atoms with Crippen molar-refractivity contribution < 1.29 is 4.79 Å². The summed E-state index contributed by atoms with van der Waals surface area (Å²) in [4.78, 5) is 15.7. The molecule has 0 saturated carbocycles. The van der Waals surface area contributed by atoms with E-state index in [1.54, 1.807) is 0 Å². The van der Waals surface area contributed by atoms with Gasteiger partial charge in [0.15, 0.2) is 0 Å². The number of urea groups is 1. The van der Waals surface area contributed by atoms with Gasteiger partial charge in [0.2, 0.25) is 0 Å². The first-order valence-electron chi connectivity index (χ1n) is 5.91. The first-order chi connectivity index (χ1) is 7.76. The zero-order valence-electron chi connectivity index (χ0n) is 9.94. The average molecular weight is 218 g/mol. The molecule has 3 nitrogen and oxygen atoms in total. The van der Waals surface area contributed by atoms with Crippen molar-refractivity contribution in [2.45, 2.75) is 20.3 Å². The van der Waals surface area contributed by atoms with Gasteiger partial charge in [-0.25, -0.2) is 4.79 Å². The molecule has 0 spiro atoms. The molecule has 0 unspecified atom stereocenters. The minimum Gasteiger partial charge on any atom is -0.323 e. The van der Waals surface area contributed by atoms with Crippen LogP contribution in [0.4, 0.5) is 10.5 Å². The number of likely N-dealkylation sites (N-methyl/N-ethyl adjacent to an activating group) is 1. The van der Waals surface area contributed by atoms with Crippen molar-refractivity contribution in [1.29, 1.82) is 0 Å². The van der Waals surface area contributed by atoms with E-state index >= 15 is 0 Å². The van der Waals surface area contributed by atoms with Crippen molar-refractivity contribution in [2.24, 2.45) is 0 Å². The lowest BCUT2D eigenvalue weighted by molar-refractivity contribution is 0.223. The maximum atomic E-state index is 11.9. The number of amides is 2. The second-order valence-corrected chi connectivity index (χ2v) is 4.03. The van der Waals surface area contributed by atoms with Gasteiger partial charge in [-0.3, -0.25) is 4.90 Å². The van der Waals surface area contributed by atoms with Crippen LogP contribution in [0.15, 0.2) is 24.3 Å². The molecule has 0 radical (unpaired) electrons. The predicted molar refractivity (Wildman–Crippen MR) is 65.8 cm³/mol. The molecule has 3 heteroatoms. The molecular formula is C13H18N2O. The van der Waals surface area contributed by atoms with Crippen LogP contribution in [-0.2, 0) is 6.42 Å². The van der Waals surface area contributed by atoms with Crippen molar-refractivity contribution >= 4 is 11.7 Å². The highest BCUT2D eigenvalue weighted by molar-refractivity contribution is 5.94. The monoisotopic (exact) mass is 218 g/mol. The Hall–Kier alpha value is -1.51. The van der Waals surface area contributed by atoms with Crippen LogP contribution in [0.2, 0.25) is 0 Å². The summed E-state index contributed by atoms with van der Waals surface area (Å²) in [6, 6.07) is 8.40. The van der Waals surface area contributed by atoms with Crippen LogP contribution >= 0.6 is 0 Å². The number of nitrogens with zero attached hydrogens (tertiary/aromatic N) is 2. The van der Waals surface area contributed by atoms with Crippen molar-refractivity contribution in [3.63, 3.8) is 0 Å². The molecule has 16 heavy (non-hydrogen) atoms. The zero-order valence-corrected chi connectivity index (χ0v) is 9.94. The highest BCUT2D eigenvalue weighted by Gasteiger charge is 2.27. The zero-order chi connectivity index (χ0) is 11.5. The number of carbonyl (C=O) groups excluding carboxylic acids is 1. The Balaban J connectivity index is 2.16. The standard InChI is InChI=1S/C13H18N2O/c1-3-11-5-7-12(8-6-11)15-10-9-14(4-2)13(15)16/h5-8H,3-4,9-10H2,1-2H3. The molecule has 1 aromatic rings. The molecule has 1 fully saturated rings. The summed E-state index contributed by atoms with van der Waals surface area (Å²) in [5, 5.41) is 0. The van der Waals surface area contributed by atoms with Gasteiger partial charge in [-0.05, 0) is 31.0 Å². The molecule has 0 atom stereocenters. The molecule has 86 valence electrons. The number of carbonyl (C=O) groups is 1. The predicted octanol–water partition coefficient (Wildman–Crippen LogP) is 2.51. The van der Waals surface area contributed by atoms with Crippen molar-refractivity contribution in [3.05, 3.63) is 29.8 Å². The first kappa shape index (κ1) is 11.0. The highest BCUT2D eigenvalue weighted by Crippen LogP contribution is 2.20. The topological polar surface area (TPSA) is 23.6 Å². The fraction of sp³-hybridized carbons (Fsp3) is 0.462. The fourth-order valence-electron chi connectivity index (χ4n) is 2.03. The summed E-state index contributed by atoms with van der Waals surface area (Å²) in [5.41, 5.74) is 2.32. The summed E-state index contributed by atoms with van der Waals surface area (Å²) < 4.78 is 0. The van der Waals surface area contributed by atoms with Gasteiger partial charge in [-0.2, -0.15) is 0 Å².